The zero-order chi connectivity index (χ0) is 19.1. The van der Waals surface area contributed by atoms with Gasteiger partial charge in [0.25, 0.3) is 0 Å². The summed E-state index contributed by atoms with van der Waals surface area (Å²) in [6.45, 7) is 0.0861. The Morgan fingerprint density at radius 3 is 3.00 bits per heavy atom. The summed E-state index contributed by atoms with van der Waals surface area (Å²) in [5.74, 6) is 0.355. The molecule has 0 saturated heterocycles. The van der Waals surface area contributed by atoms with Crippen molar-refractivity contribution >= 4 is 44.2 Å². The molecule has 9 heteroatoms. The average molecular weight is 389 g/mol. The van der Waals surface area contributed by atoms with Crippen LogP contribution in [0.25, 0.3) is 32.4 Å². The van der Waals surface area contributed by atoms with E-state index in [-0.39, 0.29) is 12.5 Å². The van der Waals surface area contributed by atoms with Gasteiger partial charge in [-0.1, -0.05) is 12.1 Å². The number of rotatable bonds is 4. The van der Waals surface area contributed by atoms with Crippen LogP contribution in [0.1, 0.15) is 0 Å². The number of carbonyl (C=O) groups excluding carboxylic acids is 1. The lowest BCUT2D eigenvalue weighted by Crippen LogP contribution is -2.19. The highest BCUT2D eigenvalue weighted by molar-refractivity contribution is 7.16. The van der Waals surface area contributed by atoms with Gasteiger partial charge < -0.3 is 5.32 Å². The van der Waals surface area contributed by atoms with Crippen LogP contribution in [0.2, 0.25) is 0 Å². The fraction of sp³-hybridized carbons (Fsp3) is 0.105. The fourth-order valence-electron chi connectivity index (χ4n) is 3.22. The summed E-state index contributed by atoms with van der Waals surface area (Å²) in [5.41, 5.74) is 2.62. The van der Waals surface area contributed by atoms with E-state index in [2.05, 4.69) is 25.5 Å². The monoisotopic (exact) mass is 389 g/mol. The van der Waals surface area contributed by atoms with Gasteiger partial charge >= 0.3 is 0 Å². The lowest BCUT2D eigenvalue weighted by molar-refractivity contribution is -0.116. The molecule has 0 aliphatic rings. The summed E-state index contributed by atoms with van der Waals surface area (Å²) in [6.07, 6.45) is 5.07. The molecule has 5 rings (SSSR count). The lowest BCUT2D eigenvalue weighted by atomic mass is 10.2. The zero-order valence-corrected chi connectivity index (χ0v) is 15.7. The van der Waals surface area contributed by atoms with Crippen LogP contribution in [0.3, 0.4) is 0 Å². The minimum atomic E-state index is -0.193. The van der Waals surface area contributed by atoms with Crippen molar-refractivity contribution in [1.82, 2.24) is 29.5 Å². The van der Waals surface area contributed by atoms with E-state index in [0.29, 0.717) is 5.82 Å². The number of aromatic nitrogens is 6. The van der Waals surface area contributed by atoms with Crippen LogP contribution in [0.15, 0.2) is 54.4 Å². The van der Waals surface area contributed by atoms with E-state index >= 15 is 0 Å². The van der Waals surface area contributed by atoms with Gasteiger partial charge in [-0.05, 0) is 23.6 Å². The summed E-state index contributed by atoms with van der Waals surface area (Å²) in [4.78, 5) is 22.1. The minimum Gasteiger partial charge on any atom is -0.307 e. The normalized spacial score (nSPS) is 11.3. The molecule has 28 heavy (non-hydrogen) atoms. The molecule has 4 heterocycles. The Morgan fingerprint density at radius 2 is 2.07 bits per heavy atom. The molecule has 8 nitrogen and oxygen atoms in total. The van der Waals surface area contributed by atoms with Crippen molar-refractivity contribution in [2.24, 2.45) is 7.05 Å². The van der Waals surface area contributed by atoms with Crippen LogP contribution >= 0.6 is 11.3 Å². The van der Waals surface area contributed by atoms with Crippen molar-refractivity contribution in [2.45, 2.75) is 6.54 Å². The van der Waals surface area contributed by atoms with Crippen molar-refractivity contribution in [1.29, 1.82) is 0 Å². The third-order valence-corrected chi connectivity index (χ3v) is 5.31. The maximum Gasteiger partial charge on any atom is 0.247 e. The van der Waals surface area contributed by atoms with Gasteiger partial charge in [0.1, 0.15) is 17.7 Å². The lowest BCUT2D eigenvalue weighted by Gasteiger charge is -2.03. The molecule has 0 spiro atoms. The standard InChI is InChI=1S/C19H15N7OS/c1-25-15-5-3-2-4-13(15)18(24-25)23-16(27)10-26-9-12(8-22-26)17-14-6-7-28-19(14)21-11-20-17/h2-9,11H,10H2,1H3,(H,23,24,27). The molecular formula is C19H15N7OS. The van der Waals surface area contributed by atoms with Crippen molar-refractivity contribution in [3.8, 4) is 11.3 Å². The molecule has 0 aliphatic carbocycles. The number of nitrogens with zero attached hydrogens (tertiary/aromatic N) is 6. The van der Waals surface area contributed by atoms with E-state index in [0.717, 1.165) is 32.4 Å². The molecule has 0 atom stereocenters. The molecule has 4 aromatic heterocycles. The van der Waals surface area contributed by atoms with E-state index in [1.807, 2.05) is 49.0 Å². The summed E-state index contributed by atoms with van der Waals surface area (Å²) in [7, 11) is 1.85. The Bertz CT molecular complexity index is 1320. The topological polar surface area (TPSA) is 90.5 Å². The third kappa shape index (κ3) is 2.81. The molecule has 0 unspecified atom stereocenters. The van der Waals surface area contributed by atoms with Gasteiger partial charge in [0, 0.05) is 29.6 Å². The SMILES string of the molecule is Cn1nc(NC(=O)Cn2cc(-c3ncnc4sccc34)cn2)c2ccccc21. The first kappa shape index (κ1) is 16.6. The van der Waals surface area contributed by atoms with Crippen molar-refractivity contribution in [3.05, 3.63) is 54.4 Å². The van der Waals surface area contributed by atoms with E-state index in [9.17, 15) is 4.79 Å². The van der Waals surface area contributed by atoms with E-state index in [1.54, 1.807) is 33.2 Å². The molecule has 5 aromatic rings. The van der Waals surface area contributed by atoms with E-state index < -0.39 is 0 Å². The van der Waals surface area contributed by atoms with E-state index in [4.69, 9.17) is 0 Å². The summed E-state index contributed by atoms with van der Waals surface area (Å²) in [5, 5.41) is 15.4. The third-order valence-electron chi connectivity index (χ3n) is 4.49. The highest BCUT2D eigenvalue weighted by atomic mass is 32.1. The van der Waals surface area contributed by atoms with Crippen molar-refractivity contribution in [3.63, 3.8) is 0 Å². The fourth-order valence-corrected chi connectivity index (χ4v) is 3.95. The Labute approximate surface area is 163 Å². The largest absolute Gasteiger partial charge is 0.307 e. The first-order valence-electron chi connectivity index (χ1n) is 8.61. The van der Waals surface area contributed by atoms with Crippen LogP contribution < -0.4 is 5.32 Å². The summed E-state index contributed by atoms with van der Waals surface area (Å²) in [6, 6.07) is 9.76. The summed E-state index contributed by atoms with van der Waals surface area (Å²) < 4.78 is 3.34. The van der Waals surface area contributed by atoms with Gasteiger partial charge in [-0.15, -0.1) is 11.3 Å². The zero-order valence-electron chi connectivity index (χ0n) is 14.9. The molecule has 1 amide bonds. The quantitative estimate of drug-likeness (QED) is 0.510. The molecular weight excluding hydrogens is 374 g/mol. The second kappa shape index (κ2) is 6.54. The van der Waals surface area contributed by atoms with Crippen LogP contribution in [0.4, 0.5) is 5.82 Å². The smallest absolute Gasteiger partial charge is 0.247 e. The van der Waals surface area contributed by atoms with Gasteiger partial charge in [-0.3, -0.25) is 14.2 Å². The maximum absolute atomic E-state index is 12.5. The average Bonchev–Trinajstić information content (AvgIpc) is 3.42. The number of carbonyl (C=O) groups is 1. The number of aryl methyl sites for hydroxylation is 1. The van der Waals surface area contributed by atoms with Crippen LogP contribution in [-0.2, 0) is 18.4 Å². The second-order valence-corrected chi connectivity index (χ2v) is 7.22. The number of para-hydroxylation sites is 1. The van der Waals surface area contributed by atoms with Gasteiger partial charge in [0.05, 0.1) is 17.4 Å². The highest BCUT2D eigenvalue weighted by Crippen LogP contribution is 2.28. The first-order chi connectivity index (χ1) is 13.7. The van der Waals surface area contributed by atoms with E-state index in [1.165, 1.54) is 0 Å². The molecule has 0 bridgehead atoms. The van der Waals surface area contributed by atoms with Crippen LogP contribution in [0.5, 0.6) is 0 Å². The molecule has 1 aromatic carbocycles. The van der Waals surface area contributed by atoms with Crippen molar-refractivity contribution in [2.75, 3.05) is 5.32 Å². The number of hydrogen-bond acceptors (Lipinski definition) is 6. The molecule has 138 valence electrons. The number of hydrogen-bond donors (Lipinski definition) is 1. The predicted octanol–water partition coefficient (Wildman–Crippen LogP) is 3.08. The van der Waals surface area contributed by atoms with Crippen LogP contribution in [-0.4, -0.2) is 35.4 Å². The minimum absolute atomic E-state index is 0.0861. The Balaban J connectivity index is 1.37. The Hall–Kier alpha value is -3.59. The van der Waals surface area contributed by atoms with Gasteiger partial charge in [0.15, 0.2) is 5.82 Å². The van der Waals surface area contributed by atoms with Gasteiger partial charge in [-0.2, -0.15) is 10.2 Å². The number of amides is 1. The highest BCUT2D eigenvalue weighted by Gasteiger charge is 2.13. The predicted molar refractivity (Wildman–Crippen MR) is 108 cm³/mol. The van der Waals surface area contributed by atoms with Crippen molar-refractivity contribution < 1.29 is 4.79 Å². The molecule has 0 saturated carbocycles. The number of fused-ring (bicyclic) bond motifs is 2. The Kier molecular flexibility index (Phi) is 3.87. The molecule has 1 N–H and O–H groups in total. The van der Waals surface area contributed by atoms with Gasteiger partial charge in [0.2, 0.25) is 5.91 Å². The number of benzene rings is 1. The summed E-state index contributed by atoms with van der Waals surface area (Å²) >= 11 is 1.57. The van der Waals surface area contributed by atoms with Crippen LogP contribution in [0, 0.1) is 0 Å². The number of thiophene rings is 1. The Morgan fingerprint density at radius 1 is 1.18 bits per heavy atom. The molecule has 0 fully saturated rings. The molecule has 0 aliphatic heterocycles. The second-order valence-electron chi connectivity index (χ2n) is 6.33. The number of anilines is 1. The first-order valence-corrected chi connectivity index (χ1v) is 9.49. The maximum atomic E-state index is 12.5. The van der Waals surface area contributed by atoms with Gasteiger partial charge in [-0.25, -0.2) is 9.97 Å². The molecule has 0 radical (unpaired) electrons. The number of nitrogens with one attached hydrogen (secondary N) is 1.